The molecule has 0 N–H and O–H groups in total. The molecule has 0 radical (unpaired) electrons. The van der Waals surface area contributed by atoms with Gasteiger partial charge in [0.2, 0.25) is 11.6 Å². The molecule has 0 aliphatic carbocycles. The van der Waals surface area contributed by atoms with E-state index in [9.17, 15) is 14.5 Å². The van der Waals surface area contributed by atoms with E-state index in [2.05, 4.69) is 4.98 Å². The summed E-state index contributed by atoms with van der Waals surface area (Å²) in [5.74, 6) is -1.35. The van der Waals surface area contributed by atoms with Crippen molar-refractivity contribution in [2.75, 3.05) is 0 Å². The molecule has 0 unspecified atom stereocenters. The minimum absolute atomic E-state index is 0.0179. The van der Waals surface area contributed by atoms with Gasteiger partial charge in [-0.15, -0.1) is 0 Å². The van der Waals surface area contributed by atoms with Gasteiger partial charge in [-0.3, -0.25) is 10.1 Å². The number of nitro benzene ring substituents is 1. The Hall–Kier alpha value is -2.21. The average Bonchev–Trinajstić information content (AvgIpc) is 2.31. The molecule has 0 saturated carbocycles. The molecule has 0 aliphatic heterocycles. The van der Waals surface area contributed by atoms with Gasteiger partial charge in [0.1, 0.15) is 5.15 Å². The molecule has 0 fully saturated rings. The lowest BCUT2D eigenvalue weighted by Gasteiger charge is -2.06. The van der Waals surface area contributed by atoms with E-state index in [4.69, 9.17) is 16.3 Å². The summed E-state index contributed by atoms with van der Waals surface area (Å²) in [5.41, 5.74) is -0.475. The second-order valence-corrected chi connectivity index (χ2v) is 3.63. The second-order valence-electron chi connectivity index (χ2n) is 3.25. The molecule has 1 aromatic carbocycles. The van der Waals surface area contributed by atoms with Crippen LogP contribution in [-0.4, -0.2) is 9.91 Å². The maximum Gasteiger partial charge on any atom is 0.314 e. The highest BCUT2D eigenvalue weighted by Gasteiger charge is 2.20. The van der Waals surface area contributed by atoms with E-state index in [1.807, 2.05) is 0 Å². The van der Waals surface area contributed by atoms with Crippen molar-refractivity contribution in [2.45, 2.75) is 0 Å². The van der Waals surface area contributed by atoms with Crippen LogP contribution >= 0.6 is 11.6 Å². The first kappa shape index (κ1) is 12.3. The molecule has 1 heterocycles. The number of hydrogen-bond donors (Lipinski definition) is 0. The van der Waals surface area contributed by atoms with Crippen LogP contribution in [0, 0.1) is 15.9 Å². The van der Waals surface area contributed by atoms with Gasteiger partial charge in [0, 0.05) is 12.1 Å². The SMILES string of the molecule is O=[N+]([O-])c1cccc(F)c1Oc1cccc(Cl)n1. The number of rotatable bonds is 3. The summed E-state index contributed by atoms with van der Waals surface area (Å²) >= 11 is 5.63. The highest BCUT2D eigenvalue weighted by atomic mass is 35.5. The summed E-state index contributed by atoms with van der Waals surface area (Å²) in [7, 11) is 0. The van der Waals surface area contributed by atoms with E-state index in [1.54, 1.807) is 0 Å². The van der Waals surface area contributed by atoms with Crippen LogP contribution in [0.3, 0.4) is 0 Å². The molecular formula is C11H6ClFN2O3. The van der Waals surface area contributed by atoms with Crippen LogP contribution in [0.25, 0.3) is 0 Å². The van der Waals surface area contributed by atoms with Crippen LogP contribution in [0.2, 0.25) is 5.15 Å². The first-order valence-electron chi connectivity index (χ1n) is 4.81. The quantitative estimate of drug-likeness (QED) is 0.485. The Morgan fingerprint density at radius 1 is 1.28 bits per heavy atom. The van der Waals surface area contributed by atoms with Crippen molar-refractivity contribution in [3.63, 3.8) is 0 Å². The van der Waals surface area contributed by atoms with Crippen molar-refractivity contribution in [2.24, 2.45) is 0 Å². The van der Waals surface area contributed by atoms with E-state index in [0.29, 0.717) is 0 Å². The Labute approximate surface area is 106 Å². The van der Waals surface area contributed by atoms with Gasteiger partial charge in [-0.1, -0.05) is 23.7 Å². The van der Waals surface area contributed by atoms with Crippen molar-refractivity contribution in [1.82, 2.24) is 4.98 Å². The van der Waals surface area contributed by atoms with Gasteiger partial charge in [0.25, 0.3) is 0 Å². The van der Waals surface area contributed by atoms with Crippen LogP contribution in [0.4, 0.5) is 10.1 Å². The molecular weight excluding hydrogens is 263 g/mol. The molecule has 0 spiro atoms. The van der Waals surface area contributed by atoms with E-state index >= 15 is 0 Å². The zero-order valence-electron chi connectivity index (χ0n) is 8.84. The number of para-hydroxylation sites is 1. The highest BCUT2D eigenvalue weighted by molar-refractivity contribution is 6.29. The van der Waals surface area contributed by atoms with E-state index < -0.39 is 22.2 Å². The Bertz CT molecular complexity index is 607. The largest absolute Gasteiger partial charge is 0.429 e. The summed E-state index contributed by atoms with van der Waals surface area (Å²) < 4.78 is 18.6. The number of ether oxygens (including phenoxy) is 1. The summed E-state index contributed by atoms with van der Waals surface area (Å²) in [6.07, 6.45) is 0. The molecule has 0 bridgehead atoms. The lowest BCUT2D eigenvalue weighted by Crippen LogP contribution is -1.97. The van der Waals surface area contributed by atoms with Crippen molar-refractivity contribution < 1.29 is 14.1 Å². The van der Waals surface area contributed by atoms with Gasteiger partial charge in [0.05, 0.1) is 4.92 Å². The third kappa shape index (κ3) is 2.54. The Balaban J connectivity index is 2.42. The number of nitrogens with zero attached hydrogens (tertiary/aromatic N) is 2. The van der Waals surface area contributed by atoms with Gasteiger partial charge in [-0.2, -0.15) is 0 Å². The lowest BCUT2D eigenvalue weighted by atomic mass is 10.3. The Morgan fingerprint density at radius 2 is 2.00 bits per heavy atom. The number of hydrogen-bond acceptors (Lipinski definition) is 4. The number of pyridine rings is 1. The molecule has 0 aliphatic rings. The molecule has 5 nitrogen and oxygen atoms in total. The third-order valence-corrected chi connectivity index (χ3v) is 2.25. The van der Waals surface area contributed by atoms with Gasteiger partial charge in [0.15, 0.2) is 5.82 Å². The van der Waals surface area contributed by atoms with Gasteiger partial charge in [-0.25, -0.2) is 9.37 Å². The minimum atomic E-state index is -0.842. The minimum Gasteiger partial charge on any atom is -0.429 e. The lowest BCUT2D eigenvalue weighted by molar-refractivity contribution is -0.385. The fourth-order valence-corrected chi connectivity index (χ4v) is 1.45. The Kier molecular flexibility index (Phi) is 3.38. The summed E-state index contributed by atoms with van der Waals surface area (Å²) in [6.45, 7) is 0. The highest BCUT2D eigenvalue weighted by Crippen LogP contribution is 2.33. The van der Waals surface area contributed by atoms with Crippen LogP contribution in [0.15, 0.2) is 36.4 Å². The van der Waals surface area contributed by atoms with Crippen LogP contribution in [0.5, 0.6) is 11.6 Å². The fourth-order valence-electron chi connectivity index (χ4n) is 1.29. The molecule has 92 valence electrons. The predicted molar refractivity (Wildman–Crippen MR) is 62.4 cm³/mol. The van der Waals surface area contributed by atoms with E-state index in [1.165, 1.54) is 24.3 Å². The van der Waals surface area contributed by atoms with Crippen LogP contribution < -0.4 is 4.74 Å². The van der Waals surface area contributed by atoms with E-state index in [-0.39, 0.29) is 11.0 Å². The first-order chi connectivity index (χ1) is 8.58. The van der Waals surface area contributed by atoms with Crippen molar-refractivity contribution in [1.29, 1.82) is 0 Å². The van der Waals surface area contributed by atoms with Gasteiger partial charge < -0.3 is 4.74 Å². The summed E-state index contributed by atoms with van der Waals surface area (Å²) in [4.78, 5) is 13.8. The fraction of sp³-hybridized carbons (Fsp3) is 0. The van der Waals surface area contributed by atoms with Gasteiger partial charge >= 0.3 is 5.69 Å². The van der Waals surface area contributed by atoms with Crippen molar-refractivity contribution in [3.8, 4) is 11.6 Å². The van der Waals surface area contributed by atoms with Crippen LogP contribution in [0.1, 0.15) is 0 Å². The average molecular weight is 269 g/mol. The van der Waals surface area contributed by atoms with E-state index in [0.717, 1.165) is 12.1 Å². The zero-order valence-corrected chi connectivity index (χ0v) is 9.60. The number of halogens is 2. The molecule has 0 saturated heterocycles. The zero-order chi connectivity index (χ0) is 13.1. The maximum absolute atomic E-state index is 13.5. The van der Waals surface area contributed by atoms with Crippen molar-refractivity contribution in [3.05, 3.63) is 57.5 Å². The molecule has 18 heavy (non-hydrogen) atoms. The molecule has 0 atom stereocenters. The number of aromatic nitrogens is 1. The predicted octanol–water partition coefficient (Wildman–Crippen LogP) is 3.57. The van der Waals surface area contributed by atoms with Crippen molar-refractivity contribution >= 4 is 17.3 Å². The number of benzene rings is 1. The second kappa shape index (κ2) is 4.97. The van der Waals surface area contributed by atoms with Gasteiger partial charge in [-0.05, 0) is 12.1 Å². The number of nitro groups is 1. The maximum atomic E-state index is 13.5. The van der Waals surface area contributed by atoms with Crippen LogP contribution in [-0.2, 0) is 0 Å². The topological polar surface area (TPSA) is 65.3 Å². The monoisotopic (exact) mass is 268 g/mol. The first-order valence-corrected chi connectivity index (χ1v) is 5.19. The summed E-state index contributed by atoms with van der Waals surface area (Å²) in [5, 5.41) is 10.9. The summed E-state index contributed by atoms with van der Waals surface area (Å²) in [6, 6.07) is 7.89. The normalized spacial score (nSPS) is 10.1. The smallest absolute Gasteiger partial charge is 0.314 e. The molecule has 2 aromatic rings. The Morgan fingerprint density at radius 3 is 2.67 bits per heavy atom. The third-order valence-electron chi connectivity index (χ3n) is 2.04. The standard InChI is InChI=1S/C11H6ClFN2O3/c12-9-5-2-6-10(14-9)18-11-7(13)3-1-4-8(11)15(16)17/h1-6H. The molecule has 0 amide bonds. The molecule has 7 heteroatoms. The molecule has 1 aromatic heterocycles. The molecule has 2 rings (SSSR count).